The third kappa shape index (κ3) is 2.00. The first-order chi connectivity index (χ1) is 7.95. The first-order valence-corrected chi connectivity index (χ1v) is 5.61. The van der Waals surface area contributed by atoms with Gasteiger partial charge in [0.2, 0.25) is 6.79 Å². The van der Waals surface area contributed by atoms with Crippen LogP contribution in [0.1, 0.15) is 29.8 Å². The molecule has 0 aliphatic carbocycles. The summed E-state index contributed by atoms with van der Waals surface area (Å²) in [5.41, 5.74) is 6.62. The minimum Gasteiger partial charge on any atom is -0.454 e. The fraction of sp³-hybridized carbons (Fsp3) is 0.462. The summed E-state index contributed by atoms with van der Waals surface area (Å²) in [6.45, 7) is 6.12. The molecule has 4 heteroatoms. The summed E-state index contributed by atoms with van der Waals surface area (Å²) in [4.78, 5) is 12.3. The number of nitrogens with two attached hydrogens (primary N) is 1. The Balaban J connectivity index is 2.43. The standard InChI is InChI=1S/C13H17NO3/c1-8-4-10-11(17-7-16-10)5-9(8)12(15)13(2,3)6-14/h4-5H,6-7,14H2,1-3H3. The van der Waals surface area contributed by atoms with Crippen LogP contribution in [0.4, 0.5) is 0 Å². The lowest BCUT2D eigenvalue weighted by atomic mass is 9.83. The number of aryl methyl sites for hydroxylation is 1. The molecule has 0 aromatic heterocycles. The van der Waals surface area contributed by atoms with Gasteiger partial charge < -0.3 is 15.2 Å². The van der Waals surface area contributed by atoms with Gasteiger partial charge in [0.05, 0.1) is 0 Å². The predicted octanol–water partition coefficient (Wildman–Crippen LogP) is 1.89. The molecule has 0 radical (unpaired) electrons. The summed E-state index contributed by atoms with van der Waals surface area (Å²) in [5, 5.41) is 0. The van der Waals surface area contributed by atoms with Crippen molar-refractivity contribution in [1.29, 1.82) is 0 Å². The summed E-state index contributed by atoms with van der Waals surface area (Å²) >= 11 is 0. The minimum absolute atomic E-state index is 0.0378. The number of hydrogen-bond donors (Lipinski definition) is 1. The number of ketones is 1. The van der Waals surface area contributed by atoms with Crippen LogP contribution in [0.5, 0.6) is 11.5 Å². The smallest absolute Gasteiger partial charge is 0.231 e. The van der Waals surface area contributed by atoms with Gasteiger partial charge in [-0.2, -0.15) is 0 Å². The van der Waals surface area contributed by atoms with Crippen LogP contribution in [-0.2, 0) is 0 Å². The number of fused-ring (bicyclic) bond motifs is 1. The van der Waals surface area contributed by atoms with Crippen molar-refractivity contribution in [2.75, 3.05) is 13.3 Å². The number of Topliss-reactive ketones (excluding diaryl/α,β-unsaturated/α-hetero) is 1. The maximum absolute atomic E-state index is 12.3. The summed E-state index contributed by atoms with van der Waals surface area (Å²) in [5.74, 6) is 1.37. The molecule has 0 amide bonds. The topological polar surface area (TPSA) is 61.6 Å². The van der Waals surface area contributed by atoms with Crippen molar-refractivity contribution < 1.29 is 14.3 Å². The molecule has 1 aromatic rings. The number of benzene rings is 1. The van der Waals surface area contributed by atoms with Crippen molar-refractivity contribution in [3.63, 3.8) is 0 Å². The van der Waals surface area contributed by atoms with E-state index in [4.69, 9.17) is 15.2 Å². The van der Waals surface area contributed by atoms with Crippen LogP contribution in [0.2, 0.25) is 0 Å². The van der Waals surface area contributed by atoms with Gasteiger partial charge in [0.25, 0.3) is 0 Å². The highest BCUT2D eigenvalue weighted by molar-refractivity contribution is 6.02. The molecule has 0 unspecified atom stereocenters. The van der Waals surface area contributed by atoms with Gasteiger partial charge in [-0.05, 0) is 24.6 Å². The molecule has 17 heavy (non-hydrogen) atoms. The van der Waals surface area contributed by atoms with Crippen LogP contribution in [-0.4, -0.2) is 19.1 Å². The highest BCUT2D eigenvalue weighted by Crippen LogP contribution is 2.36. The van der Waals surface area contributed by atoms with E-state index in [1.807, 2.05) is 26.8 Å². The number of carbonyl (C=O) groups excluding carboxylic acids is 1. The average Bonchev–Trinajstić information content (AvgIpc) is 2.73. The Kier molecular flexibility index (Phi) is 2.83. The summed E-state index contributed by atoms with van der Waals surface area (Å²) in [6, 6.07) is 3.58. The first kappa shape index (κ1) is 11.9. The van der Waals surface area contributed by atoms with E-state index in [9.17, 15) is 4.79 Å². The molecule has 0 spiro atoms. The number of carbonyl (C=O) groups is 1. The largest absolute Gasteiger partial charge is 0.454 e. The van der Waals surface area contributed by atoms with Gasteiger partial charge in [0, 0.05) is 17.5 Å². The summed E-state index contributed by atoms with van der Waals surface area (Å²) in [7, 11) is 0. The zero-order valence-corrected chi connectivity index (χ0v) is 10.4. The SMILES string of the molecule is Cc1cc2c(cc1C(=O)C(C)(C)CN)OCO2. The molecule has 1 heterocycles. The van der Waals surface area contributed by atoms with Crippen LogP contribution in [0.25, 0.3) is 0 Å². The minimum atomic E-state index is -0.557. The quantitative estimate of drug-likeness (QED) is 0.813. The number of ether oxygens (including phenoxy) is 2. The van der Waals surface area contributed by atoms with E-state index in [1.54, 1.807) is 6.07 Å². The Morgan fingerprint density at radius 1 is 1.35 bits per heavy atom. The van der Waals surface area contributed by atoms with Gasteiger partial charge in [-0.1, -0.05) is 13.8 Å². The molecule has 2 rings (SSSR count). The molecule has 1 aliphatic heterocycles. The van der Waals surface area contributed by atoms with Crippen molar-refractivity contribution in [3.05, 3.63) is 23.3 Å². The van der Waals surface area contributed by atoms with Crippen molar-refractivity contribution in [2.45, 2.75) is 20.8 Å². The van der Waals surface area contributed by atoms with Gasteiger partial charge in [-0.15, -0.1) is 0 Å². The third-order valence-electron chi connectivity index (χ3n) is 3.09. The van der Waals surface area contributed by atoms with Crippen molar-refractivity contribution in [2.24, 2.45) is 11.1 Å². The van der Waals surface area contributed by atoms with Crippen LogP contribution < -0.4 is 15.2 Å². The lowest BCUT2D eigenvalue weighted by Gasteiger charge is -2.21. The Morgan fingerprint density at radius 3 is 2.53 bits per heavy atom. The highest BCUT2D eigenvalue weighted by Gasteiger charge is 2.29. The van der Waals surface area contributed by atoms with E-state index < -0.39 is 5.41 Å². The molecule has 0 bridgehead atoms. The Hall–Kier alpha value is -1.55. The number of hydrogen-bond acceptors (Lipinski definition) is 4. The first-order valence-electron chi connectivity index (χ1n) is 5.61. The lowest BCUT2D eigenvalue weighted by molar-refractivity contribution is 0.0846. The van der Waals surface area contributed by atoms with Crippen molar-refractivity contribution in [1.82, 2.24) is 0 Å². The zero-order valence-electron chi connectivity index (χ0n) is 10.4. The van der Waals surface area contributed by atoms with Gasteiger partial charge in [0.15, 0.2) is 17.3 Å². The van der Waals surface area contributed by atoms with Crippen LogP contribution >= 0.6 is 0 Å². The van der Waals surface area contributed by atoms with E-state index >= 15 is 0 Å². The van der Waals surface area contributed by atoms with E-state index in [2.05, 4.69) is 0 Å². The number of rotatable bonds is 3. The molecule has 0 fully saturated rings. The van der Waals surface area contributed by atoms with Gasteiger partial charge >= 0.3 is 0 Å². The van der Waals surface area contributed by atoms with Crippen molar-refractivity contribution >= 4 is 5.78 Å². The molecule has 1 aliphatic rings. The van der Waals surface area contributed by atoms with Crippen LogP contribution in [0.15, 0.2) is 12.1 Å². The third-order valence-corrected chi connectivity index (χ3v) is 3.09. The molecular weight excluding hydrogens is 218 g/mol. The molecule has 2 N–H and O–H groups in total. The molecule has 0 saturated heterocycles. The lowest BCUT2D eigenvalue weighted by Crippen LogP contribution is -2.33. The second kappa shape index (κ2) is 4.04. The summed E-state index contributed by atoms with van der Waals surface area (Å²) in [6.07, 6.45) is 0. The average molecular weight is 235 g/mol. The molecular formula is C13H17NO3. The Labute approximate surface area is 101 Å². The van der Waals surface area contributed by atoms with Gasteiger partial charge in [0.1, 0.15) is 0 Å². The maximum Gasteiger partial charge on any atom is 0.231 e. The molecule has 4 nitrogen and oxygen atoms in total. The van der Waals surface area contributed by atoms with Gasteiger partial charge in [-0.25, -0.2) is 0 Å². The maximum atomic E-state index is 12.3. The molecule has 1 aromatic carbocycles. The van der Waals surface area contributed by atoms with E-state index in [0.717, 1.165) is 5.56 Å². The van der Waals surface area contributed by atoms with Crippen LogP contribution in [0, 0.1) is 12.3 Å². The van der Waals surface area contributed by atoms with Crippen molar-refractivity contribution in [3.8, 4) is 11.5 Å². The zero-order chi connectivity index (χ0) is 12.6. The molecule has 0 saturated carbocycles. The van der Waals surface area contributed by atoms with E-state index in [-0.39, 0.29) is 12.6 Å². The van der Waals surface area contributed by atoms with E-state index in [1.165, 1.54) is 0 Å². The van der Waals surface area contributed by atoms with Crippen LogP contribution in [0.3, 0.4) is 0 Å². The summed E-state index contributed by atoms with van der Waals surface area (Å²) < 4.78 is 10.6. The predicted molar refractivity (Wildman–Crippen MR) is 64.5 cm³/mol. The fourth-order valence-electron chi connectivity index (χ4n) is 1.75. The second-order valence-corrected chi connectivity index (χ2v) is 4.94. The molecule has 92 valence electrons. The molecule has 0 atom stereocenters. The fourth-order valence-corrected chi connectivity index (χ4v) is 1.75. The second-order valence-electron chi connectivity index (χ2n) is 4.94. The Morgan fingerprint density at radius 2 is 1.94 bits per heavy atom. The van der Waals surface area contributed by atoms with E-state index in [0.29, 0.717) is 23.6 Å². The Bertz CT molecular complexity index is 466. The normalized spacial score (nSPS) is 13.9. The highest BCUT2D eigenvalue weighted by atomic mass is 16.7. The monoisotopic (exact) mass is 235 g/mol. The van der Waals surface area contributed by atoms with Gasteiger partial charge in [-0.3, -0.25) is 4.79 Å².